The molecular weight excluding hydrogens is 314 g/mol. The number of anilines is 1. The van der Waals surface area contributed by atoms with Crippen molar-refractivity contribution in [2.24, 2.45) is 5.92 Å². The molecule has 1 N–H and O–H groups in total. The SMILES string of the molecule is CCc1ccc(N2CC(C(=O)N3CCNCC3)CC2=O)cc1.Cl. The van der Waals surface area contributed by atoms with Crippen LogP contribution in [0.4, 0.5) is 5.69 Å². The van der Waals surface area contributed by atoms with Gasteiger partial charge in [-0.15, -0.1) is 12.4 Å². The molecule has 23 heavy (non-hydrogen) atoms. The Morgan fingerprint density at radius 3 is 2.48 bits per heavy atom. The van der Waals surface area contributed by atoms with Gasteiger partial charge in [-0.2, -0.15) is 0 Å². The Hall–Kier alpha value is -1.59. The molecule has 2 aliphatic heterocycles. The Bertz CT molecular complexity index is 555. The highest BCUT2D eigenvalue weighted by molar-refractivity contribution is 6.00. The van der Waals surface area contributed by atoms with E-state index in [0.29, 0.717) is 13.0 Å². The third-order valence-electron chi connectivity index (χ3n) is 4.56. The molecule has 1 aromatic carbocycles. The van der Waals surface area contributed by atoms with E-state index in [0.717, 1.165) is 38.3 Å². The van der Waals surface area contributed by atoms with E-state index >= 15 is 0 Å². The van der Waals surface area contributed by atoms with Crippen LogP contribution < -0.4 is 10.2 Å². The molecule has 0 bridgehead atoms. The van der Waals surface area contributed by atoms with Gasteiger partial charge in [0.05, 0.1) is 5.92 Å². The molecule has 2 aliphatic rings. The Kier molecular flexibility index (Phi) is 6.02. The van der Waals surface area contributed by atoms with Crippen LogP contribution in [0.3, 0.4) is 0 Å². The molecule has 0 aliphatic carbocycles. The lowest BCUT2D eigenvalue weighted by molar-refractivity contribution is -0.136. The second kappa shape index (κ2) is 7.79. The molecule has 0 saturated carbocycles. The smallest absolute Gasteiger partial charge is 0.228 e. The number of hydrogen-bond acceptors (Lipinski definition) is 3. The maximum Gasteiger partial charge on any atom is 0.228 e. The fourth-order valence-electron chi connectivity index (χ4n) is 3.18. The Morgan fingerprint density at radius 2 is 1.87 bits per heavy atom. The Labute approximate surface area is 143 Å². The van der Waals surface area contributed by atoms with Crippen molar-refractivity contribution in [2.45, 2.75) is 19.8 Å². The first-order valence-corrected chi connectivity index (χ1v) is 8.08. The second-order valence-electron chi connectivity index (χ2n) is 6.00. The summed E-state index contributed by atoms with van der Waals surface area (Å²) in [4.78, 5) is 28.5. The molecule has 1 unspecified atom stereocenters. The zero-order valence-electron chi connectivity index (χ0n) is 13.5. The van der Waals surface area contributed by atoms with Crippen LogP contribution in [-0.2, 0) is 16.0 Å². The normalized spacial score (nSPS) is 21.3. The van der Waals surface area contributed by atoms with Crippen molar-refractivity contribution >= 4 is 29.9 Å². The summed E-state index contributed by atoms with van der Waals surface area (Å²) in [5.41, 5.74) is 2.15. The first-order valence-electron chi connectivity index (χ1n) is 8.08. The quantitative estimate of drug-likeness (QED) is 0.908. The monoisotopic (exact) mass is 337 g/mol. The molecule has 6 heteroatoms. The summed E-state index contributed by atoms with van der Waals surface area (Å²) in [5, 5.41) is 3.24. The van der Waals surface area contributed by atoms with Crippen LogP contribution in [0.1, 0.15) is 18.9 Å². The van der Waals surface area contributed by atoms with Gasteiger partial charge in [-0.05, 0) is 24.1 Å². The minimum absolute atomic E-state index is 0. The third kappa shape index (κ3) is 3.85. The van der Waals surface area contributed by atoms with E-state index in [1.165, 1.54) is 5.56 Å². The number of carbonyl (C=O) groups excluding carboxylic acids is 2. The predicted octanol–water partition coefficient (Wildman–Crippen LogP) is 1.46. The summed E-state index contributed by atoms with van der Waals surface area (Å²) >= 11 is 0. The molecule has 5 nitrogen and oxygen atoms in total. The number of piperazine rings is 1. The van der Waals surface area contributed by atoms with Crippen LogP contribution in [0.2, 0.25) is 0 Å². The van der Waals surface area contributed by atoms with Crippen LogP contribution in [0, 0.1) is 5.92 Å². The van der Waals surface area contributed by atoms with E-state index in [1.807, 2.05) is 29.2 Å². The van der Waals surface area contributed by atoms with Crippen molar-refractivity contribution in [1.82, 2.24) is 10.2 Å². The van der Waals surface area contributed by atoms with E-state index in [9.17, 15) is 9.59 Å². The zero-order valence-corrected chi connectivity index (χ0v) is 14.3. The van der Waals surface area contributed by atoms with Gasteiger partial charge in [-0.1, -0.05) is 19.1 Å². The zero-order chi connectivity index (χ0) is 15.5. The summed E-state index contributed by atoms with van der Waals surface area (Å²) in [7, 11) is 0. The van der Waals surface area contributed by atoms with E-state index in [1.54, 1.807) is 4.90 Å². The van der Waals surface area contributed by atoms with Crippen molar-refractivity contribution in [3.63, 3.8) is 0 Å². The van der Waals surface area contributed by atoms with Gasteiger partial charge in [0.25, 0.3) is 0 Å². The van der Waals surface area contributed by atoms with Crippen molar-refractivity contribution in [2.75, 3.05) is 37.6 Å². The van der Waals surface area contributed by atoms with Crippen molar-refractivity contribution < 1.29 is 9.59 Å². The molecule has 2 saturated heterocycles. The van der Waals surface area contributed by atoms with E-state index in [2.05, 4.69) is 12.2 Å². The van der Waals surface area contributed by atoms with Gasteiger partial charge in [0, 0.05) is 44.8 Å². The number of hydrogen-bond donors (Lipinski definition) is 1. The average molecular weight is 338 g/mol. The van der Waals surface area contributed by atoms with Gasteiger partial charge in [-0.3, -0.25) is 9.59 Å². The van der Waals surface area contributed by atoms with Crippen molar-refractivity contribution in [3.05, 3.63) is 29.8 Å². The average Bonchev–Trinajstić information content (AvgIpc) is 2.97. The number of nitrogens with one attached hydrogen (secondary N) is 1. The van der Waals surface area contributed by atoms with Crippen molar-refractivity contribution in [3.8, 4) is 0 Å². The first-order chi connectivity index (χ1) is 10.7. The third-order valence-corrected chi connectivity index (χ3v) is 4.56. The van der Waals surface area contributed by atoms with Gasteiger partial charge in [0.2, 0.25) is 11.8 Å². The lowest BCUT2D eigenvalue weighted by atomic mass is 10.1. The number of benzene rings is 1. The molecule has 2 amide bonds. The summed E-state index contributed by atoms with van der Waals surface area (Å²) in [5.74, 6) is -0.0169. The summed E-state index contributed by atoms with van der Waals surface area (Å²) in [6.07, 6.45) is 1.32. The fourth-order valence-corrected chi connectivity index (χ4v) is 3.18. The van der Waals surface area contributed by atoms with Crippen molar-refractivity contribution in [1.29, 1.82) is 0 Å². The number of amides is 2. The molecule has 0 radical (unpaired) electrons. The highest BCUT2D eigenvalue weighted by Gasteiger charge is 2.37. The maximum atomic E-state index is 12.5. The number of nitrogens with zero attached hydrogens (tertiary/aromatic N) is 2. The lowest BCUT2D eigenvalue weighted by Gasteiger charge is -2.29. The van der Waals surface area contributed by atoms with Crippen LogP contribution >= 0.6 is 12.4 Å². The van der Waals surface area contributed by atoms with E-state index < -0.39 is 0 Å². The fraction of sp³-hybridized carbons (Fsp3) is 0.529. The molecule has 0 aromatic heterocycles. The maximum absolute atomic E-state index is 12.5. The molecule has 1 atom stereocenters. The van der Waals surface area contributed by atoms with E-state index in [-0.39, 0.29) is 30.1 Å². The first kappa shape index (κ1) is 17.8. The highest BCUT2D eigenvalue weighted by atomic mass is 35.5. The van der Waals surface area contributed by atoms with Gasteiger partial charge in [0.1, 0.15) is 0 Å². The van der Waals surface area contributed by atoms with Gasteiger partial charge in [0.15, 0.2) is 0 Å². The molecule has 126 valence electrons. The van der Waals surface area contributed by atoms with E-state index in [4.69, 9.17) is 0 Å². The molecule has 1 aromatic rings. The van der Waals surface area contributed by atoms with Crippen LogP contribution in [0.5, 0.6) is 0 Å². The summed E-state index contributed by atoms with van der Waals surface area (Å²) < 4.78 is 0. The standard InChI is InChI=1S/C17H23N3O2.ClH/c1-2-13-3-5-15(6-4-13)20-12-14(11-16(20)21)17(22)19-9-7-18-8-10-19;/h3-6,14,18H,2,7-12H2,1H3;1H. The lowest BCUT2D eigenvalue weighted by Crippen LogP contribution is -2.48. The Balaban J connectivity index is 0.00000192. The number of halogens is 1. The Morgan fingerprint density at radius 1 is 1.22 bits per heavy atom. The summed E-state index contributed by atoms with van der Waals surface area (Å²) in [6.45, 7) is 5.79. The molecule has 0 spiro atoms. The van der Waals surface area contributed by atoms with Crippen LogP contribution in [-0.4, -0.2) is 49.4 Å². The van der Waals surface area contributed by atoms with Crippen LogP contribution in [0.15, 0.2) is 24.3 Å². The van der Waals surface area contributed by atoms with Gasteiger partial charge in [-0.25, -0.2) is 0 Å². The molecule has 2 heterocycles. The minimum Gasteiger partial charge on any atom is -0.340 e. The topological polar surface area (TPSA) is 52.7 Å². The van der Waals surface area contributed by atoms with Gasteiger partial charge >= 0.3 is 0 Å². The number of carbonyl (C=O) groups is 2. The second-order valence-corrected chi connectivity index (χ2v) is 6.00. The molecule has 3 rings (SSSR count). The molecule has 2 fully saturated rings. The number of aryl methyl sites for hydroxylation is 1. The minimum atomic E-state index is -0.198. The van der Waals surface area contributed by atoms with Crippen LogP contribution in [0.25, 0.3) is 0 Å². The molecular formula is C17H24ClN3O2. The largest absolute Gasteiger partial charge is 0.340 e. The van der Waals surface area contributed by atoms with Gasteiger partial charge < -0.3 is 15.1 Å². The summed E-state index contributed by atoms with van der Waals surface area (Å²) in [6, 6.07) is 8.06. The predicted molar refractivity (Wildman–Crippen MR) is 93.0 cm³/mol. The number of rotatable bonds is 3. The highest BCUT2D eigenvalue weighted by Crippen LogP contribution is 2.26.